The highest BCUT2D eigenvalue weighted by atomic mass is 79.9. The molecule has 1 unspecified atom stereocenters. The molecule has 0 aliphatic carbocycles. The van der Waals surface area contributed by atoms with Crippen LogP contribution in [0.5, 0.6) is 5.75 Å². The molecular weight excluding hydrogens is 294 g/mol. The van der Waals surface area contributed by atoms with Gasteiger partial charge in [-0.1, -0.05) is 22.0 Å². The second kappa shape index (κ2) is 5.59. The molecule has 0 amide bonds. The van der Waals surface area contributed by atoms with Crippen molar-refractivity contribution in [3.05, 3.63) is 51.9 Å². The van der Waals surface area contributed by atoms with Crippen molar-refractivity contribution >= 4 is 15.9 Å². The lowest BCUT2D eigenvalue weighted by molar-refractivity contribution is 0.413. The average Bonchev–Trinajstić information content (AvgIpc) is 2.78. The van der Waals surface area contributed by atoms with Gasteiger partial charge in [0.15, 0.2) is 0 Å². The first-order valence-corrected chi connectivity index (χ1v) is 6.52. The molecule has 0 saturated heterocycles. The van der Waals surface area contributed by atoms with E-state index in [4.69, 9.17) is 9.15 Å². The van der Waals surface area contributed by atoms with Crippen LogP contribution in [0.25, 0.3) is 0 Å². The fraction of sp³-hybridized carbons (Fsp3) is 0.286. The minimum Gasteiger partial charge on any atom is -0.497 e. The molecular formula is C14H16BrNO2. The summed E-state index contributed by atoms with van der Waals surface area (Å²) in [6.45, 7) is 1.94. The number of ether oxygens (including phenoxy) is 1. The first-order valence-electron chi connectivity index (χ1n) is 5.72. The van der Waals surface area contributed by atoms with E-state index in [9.17, 15) is 0 Å². The minimum absolute atomic E-state index is 0.0268. The second-order valence-electron chi connectivity index (χ2n) is 4.06. The number of furan rings is 1. The summed E-state index contributed by atoms with van der Waals surface area (Å²) in [4.78, 5) is 0. The van der Waals surface area contributed by atoms with Crippen LogP contribution in [0.1, 0.15) is 23.1 Å². The van der Waals surface area contributed by atoms with Crippen LogP contribution < -0.4 is 10.1 Å². The highest BCUT2D eigenvalue weighted by Gasteiger charge is 2.18. The Kier molecular flexibility index (Phi) is 4.09. The molecule has 0 fully saturated rings. The second-order valence-corrected chi connectivity index (χ2v) is 4.91. The molecule has 0 spiro atoms. The van der Waals surface area contributed by atoms with Crippen molar-refractivity contribution in [2.45, 2.75) is 13.0 Å². The van der Waals surface area contributed by atoms with E-state index >= 15 is 0 Å². The summed E-state index contributed by atoms with van der Waals surface area (Å²) in [5.41, 5.74) is 1.12. The summed E-state index contributed by atoms with van der Waals surface area (Å²) >= 11 is 3.57. The molecule has 0 aliphatic rings. The van der Waals surface area contributed by atoms with E-state index < -0.39 is 0 Å². The minimum atomic E-state index is 0.0268. The maximum atomic E-state index is 5.69. The van der Waals surface area contributed by atoms with E-state index in [2.05, 4.69) is 21.2 Å². The predicted octanol–water partition coefficient (Wildman–Crippen LogP) is 3.67. The van der Waals surface area contributed by atoms with Crippen molar-refractivity contribution in [1.82, 2.24) is 5.32 Å². The van der Waals surface area contributed by atoms with Crippen LogP contribution in [0.3, 0.4) is 0 Å². The molecule has 96 valence electrons. The van der Waals surface area contributed by atoms with Gasteiger partial charge in [0.25, 0.3) is 0 Å². The van der Waals surface area contributed by atoms with Gasteiger partial charge < -0.3 is 14.5 Å². The quantitative estimate of drug-likeness (QED) is 0.935. The lowest BCUT2D eigenvalue weighted by Crippen LogP contribution is -2.17. The van der Waals surface area contributed by atoms with Crippen molar-refractivity contribution in [1.29, 1.82) is 0 Å². The van der Waals surface area contributed by atoms with Gasteiger partial charge in [0, 0.05) is 4.47 Å². The van der Waals surface area contributed by atoms with Crippen LogP contribution >= 0.6 is 15.9 Å². The molecule has 1 atom stereocenters. The summed E-state index contributed by atoms with van der Waals surface area (Å²) in [7, 11) is 3.58. The molecule has 1 heterocycles. The molecule has 4 heteroatoms. The van der Waals surface area contributed by atoms with Crippen molar-refractivity contribution in [2.75, 3.05) is 14.2 Å². The standard InChI is InChI=1S/C14H16BrNO2/c1-9-4-7-13(18-9)14(16-2)11-6-5-10(17-3)8-12(11)15/h4-8,14,16H,1-3H3. The Morgan fingerprint density at radius 3 is 2.56 bits per heavy atom. The first-order chi connectivity index (χ1) is 8.65. The van der Waals surface area contributed by atoms with E-state index in [0.29, 0.717) is 0 Å². The maximum Gasteiger partial charge on any atom is 0.125 e. The normalized spacial score (nSPS) is 12.4. The van der Waals surface area contributed by atoms with Gasteiger partial charge in [0.05, 0.1) is 13.2 Å². The molecule has 0 aliphatic heterocycles. The summed E-state index contributed by atoms with van der Waals surface area (Å²) in [5, 5.41) is 3.26. The highest BCUT2D eigenvalue weighted by Crippen LogP contribution is 2.31. The zero-order valence-electron chi connectivity index (χ0n) is 10.7. The Labute approximate surface area is 115 Å². The van der Waals surface area contributed by atoms with Crippen molar-refractivity contribution in [3.8, 4) is 5.75 Å². The van der Waals surface area contributed by atoms with Gasteiger partial charge in [0.1, 0.15) is 17.3 Å². The van der Waals surface area contributed by atoms with Crippen LogP contribution in [0.2, 0.25) is 0 Å². The van der Waals surface area contributed by atoms with Gasteiger partial charge in [0.2, 0.25) is 0 Å². The van der Waals surface area contributed by atoms with E-state index in [1.54, 1.807) is 7.11 Å². The van der Waals surface area contributed by atoms with E-state index in [-0.39, 0.29) is 6.04 Å². The lowest BCUT2D eigenvalue weighted by atomic mass is 10.0. The van der Waals surface area contributed by atoms with E-state index in [0.717, 1.165) is 27.3 Å². The zero-order valence-corrected chi connectivity index (χ0v) is 12.2. The lowest BCUT2D eigenvalue weighted by Gasteiger charge is -2.16. The number of hydrogen-bond acceptors (Lipinski definition) is 3. The first kappa shape index (κ1) is 13.2. The number of benzene rings is 1. The number of methoxy groups -OCH3 is 1. The van der Waals surface area contributed by atoms with E-state index in [1.165, 1.54) is 0 Å². The number of nitrogens with one attached hydrogen (secondary N) is 1. The highest BCUT2D eigenvalue weighted by molar-refractivity contribution is 9.10. The summed E-state index contributed by atoms with van der Waals surface area (Å²) in [6.07, 6.45) is 0. The topological polar surface area (TPSA) is 34.4 Å². The predicted molar refractivity (Wildman–Crippen MR) is 75.0 cm³/mol. The zero-order chi connectivity index (χ0) is 13.1. The molecule has 0 bridgehead atoms. The Morgan fingerprint density at radius 1 is 1.28 bits per heavy atom. The van der Waals surface area contributed by atoms with Crippen LogP contribution in [0.4, 0.5) is 0 Å². The largest absolute Gasteiger partial charge is 0.497 e. The molecule has 18 heavy (non-hydrogen) atoms. The van der Waals surface area contributed by atoms with Crippen LogP contribution in [-0.4, -0.2) is 14.2 Å². The third-order valence-electron chi connectivity index (χ3n) is 2.85. The number of rotatable bonds is 4. The number of halogens is 1. The summed E-state index contributed by atoms with van der Waals surface area (Å²) in [6, 6.07) is 9.92. The van der Waals surface area contributed by atoms with Crippen LogP contribution in [-0.2, 0) is 0 Å². The van der Waals surface area contributed by atoms with Gasteiger partial charge >= 0.3 is 0 Å². The fourth-order valence-electron chi connectivity index (χ4n) is 1.93. The SMILES string of the molecule is CNC(c1ccc(C)o1)c1ccc(OC)cc1Br. The molecule has 1 aromatic carbocycles. The number of hydrogen-bond donors (Lipinski definition) is 1. The van der Waals surface area contributed by atoms with Gasteiger partial charge in [-0.2, -0.15) is 0 Å². The molecule has 1 aromatic heterocycles. The number of aryl methyl sites for hydroxylation is 1. The smallest absolute Gasteiger partial charge is 0.125 e. The third-order valence-corrected chi connectivity index (χ3v) is 3.54. The molecule has 2 aromatic rings. The van der Waals surface area contributed by atoms with Crippen molar-refractivity contribution in [2.24, 2.45) is 0 Å². The Balaban J connectivity index is 2.39. The van der Waals surface area contributed by atoms with Crippen molar-refractivity contribution in [3.63, 3.8) is 0 Å². The average molecular weight is 310 g/mol. The molecule has 3 nitrogen and oxygen atoms in total. The molecule has 0 radical (unpaired) electrons. The Morgan fingerprint density at radius 2 is 2.06 bits per heavy atom. The van der Waals surface area contributed by atoms with Crippen LogP contribution in [0, 0.1) is 6.92 Å². The Bertz CT molecular complexity index is 536. The van der Waals surface area contributed by atoms with Crippen LogP contribution in [0.15, 0.2) is 39.2 Å². The van der Waals surface area contributed by atoms with Gasteiger partial charge in [-0.05, 0) is 43.8 Å². The van der Waals surface area contributed by atoms with Crippen molar-refractivity contribution < 1.29 is 9.15 Å². The monoisotopic (exact) mass is 309 g/mol. The third kappa shape index (κ3) is 2.60. The molecule has 2 rings (SSSR count). The molecule has 1 N–H and O–H groups in total. The van der Waals surface area contributed by atoms with Gasteiger partial charge in [-0.3, -0.25) is 0 Å². The van der Waals surface area contributed by atoms with Gasteiger partial charge in [-0.25, -0.2) is 0 Å². The summed E-state index contributed by atoms with van der Waals surface area (Å²) in [5.74, 6) is 2.65. The van der Waals surface area contributed by atoms with E-state index in [1.807, 2.05) is 44.3 Å². The molecule has 0 saturated carbocycles. The Hall–Kier alpha value is -1.26. The maximum absolute atomic E-state index is 5.69. The fourth-order valence-corrected chi connectivity index (χ4v) is 2.52. The summed E-state index contributed by atoms with van der Waals surface area (Å²) < 4.78 is 11.9. The van der Waals surface area contributed by atoms with Gasteiger partial charge in [-0.15, -0.1) is 0 Å².